The zero-order valence-electron chi connectivity index (χ0n) is 11.6. The highest BCUT2D eigenvalue weighted by Crippen LogP contribution is 2.24. The molecule has 1 aliphatic rings. The molecule has 0 amide bonds. The number of rotatable bonds is 7. The minimum atomic E-state index is 0.652. The summed E-state index contributed by atoms with van der Waals surface area (Å²) in [6.45, 7) is 8.08. The standard InChI is InChI=1S/C14H30N2/c1-5-10-15-12(2)11-13(3)16(4)14-8-6-7-9-14/h12-15H,5-11H2,1-4H3. The molecule has 2 atom stereocenters. The third-order valence-electron chi connectivity index (χ3n) is 4.03. The molecule has 1 saturated carbocycles. The average molecular weight is 226 g/mol. The first kappa shape index (κ1) is 14.0. The van der Waals surface area contributed by atoms with Gasteiger partial charge in [-0.1, -0.05) is 19.8 Å². The molecule has 0 saturated heterocycles. The summed E-state index contributed by atoms with van der Waals surface area (Å²) in [6.07, 6.45) is 8.20. The van der Waals surface area contributed by atoms with Crippen LogP contribution in [0.5, 0.6) is 0 Å². The first-order valence-corrected chi connectivity index (χ1v) is 7.10. The molecule has 0 bridgehead atoms. The van der Waals surface area contributed by atoms with Crippen molar-refractivity contribution in [3.8, 4) is 0 Å². The van der Waals surface area contributed by atoms with Crippen molar-refractivity contribution in [3.63, 3.8) is 0 Å². The molecule has 1 aliphatic carbocycles. The van der Waals surface area contributed by atoms with Gasteiger partial charge in [-0.3, -0.25) is 0 Å². The second-order valence-electron chi connectivity index (χ2n) is 5.54. The maximum absolute atomic E-state index is 3.58. The largest absolute Gasteiger partial charge is 0.314 e. The van der Waals surface area contributed by atoms with Crippen LogP contribution >= 0.6 is 0 Å². The normalized spacial score (nSPS) is 21.6. The van der Waals surface area contributed by atoms with Crippen LogP contribution < -0.4 is 5.32 Å². The Kier molecular flexibility index (Phi) is 6.37. The molecular weight excluding hydrogens is 196 g/mol. The van der Waals surface area contributed by atoms with E-state index in [-0.39, 0.29) is 0 Å². The molecule has 2 heteroatoms. The van der Waals surface area contributed by atoms with Crippen molar-refractivity contribution in [3.05, 3.63) is 0 Å². The van der Waals surface area contributed by atoms with Crippen molar-refractivity contribution in [2.75, 3.05) is 13.6 Å². The van der Waals surface area contributed by atoms with Gasteiger partial charge in [0.15, 0.2) is 0 Å². The van der Waals surface area contributed by atoms with E-state index in [0.717, 1.165) is 12.6 Å². The van der Waals surface area contributed by atoms with E-state index in [4.69, 9.17) is 0 Å². The number of hydrogen-bond acceptors (Lipinski definition) is 2. The molecule has 16 heavy (non-hydrogen) atoms. The van der Waals surface area contributed by atoms with Gasteiger partial charge in [-0.15, -0.1) is 0 Å². The molecular formula is C14H30N2. The van der Waals surface area contributed by atoms with Gasteiger partial charge in [0, 0.05) is 18.1 Å². The van der Waals surface area contributed by atoms with Gasteiger partial charge in [0.25, 0.3) is 0 Å². The lowest BCUT2D eigenvalue weighted by Gasteiger charge is -2.32. The van der Waals surface area contributed by atoms with Gasteiger partial charge in [0.2, 0.25) is 0 Å². The van der Waals surface area contributed by atoms with E-state index < -0.39 is 0 Å². The van der Waals surface area contributed by atoms with Gasteiger partial charge in [-0.05, 0) is 53.1 Å². The van der Waals surface area contributed by atoms with Gasteiger partial charge < -0.3 is 10.2 Å². The maximum atomic E-state index is 3.58. The zero-order chi connectivity index (χ0) is 12.0. The van der Waals surface area contributed by atoms with E-state index in [9.17, 15) is 0 Å². The van der Waals surface area contributed by atoms with Crippen molar-refractivity contribution in [2.24, 2.45) is 0 Å². The predicted octanol–water partition coefficient (Wildman–Crippen LogP) is 3.03. The van der Waals surface area contributed by atoms with Crippen molar-refractivity contribution in [1.29, 1.82) is 0 Å². The van der Waals surface area contributed by atoms with Gasteiger partial charge in [0.1, 0.15) is 0 Å². The number of hydrogen-bond donors (Lipinski definition) is 1. The van der Waals surface area contributed by atoms with E-state index in [1.165, 1.54) is 38.5 Å². The minimum Gasteiger partial charge on any atom is -0.314 e. The number of nitrogens with zero attached hydrogens (tertiary/aromatic N) is 1. The summed E-state index contributed by atoms with van der Waals surface area (Å²) >= 11 is 0. The van der Waals surface area contributed by atoms with E-state index in [1.807, 2.05) is 0 Å². The fourth-order valence-corrected chi connectivity index (χ4v) is 2.82. The van der Waals surface area contributed by atoms with E-state index in [1.54, 1.807) is 0 Å². The molecule has 0 spiro atoms. The fraction of sp³-hybridized carbons (Fsp3) is 1.00. The Morgan fingerprint density at radius 3 is 2.44 bits per heavy atom. The van der Waals surface area contributed by atoms with Crippen LogP contribution in [0.3, 0.4) is 0 Å². The third-order valence-corrected chi connectivity index (χ3v) is 4.03. The molecule has 1 rings (SSSR count). The zero-order valence-corrected chi connectivity index (χ0v) is 11.6. The van der Waals surface area contributed by atoms with Crippen LogP contribution in [0.15, 0.2) is 0 Å². The van der Waals surface area contributed by atoms with Crippen LogP contribution in [0.1, 0.15) is 59.3 Å². The summed E-state index contributed by atoms with van der Waals surface area (Å²) in [5.74, 6) is 0. The Balaban J connectivity index is 2.24. The van der Waals surface area contributed by atoms with Crippen molar-refractivity contribution < 1.29 is 0 Å². The number of nitrogens with one attached hydrogen (secondary N) is 1. The Bertz CT molecular complexity index is 176. The lowest BCUT2D eigenvalue weighted by Crippen LogP contribution is -2.41. The molecule has 96 valence electrons. The Hall–Kier alpha value is -0.0800. The second-order valence-corrected chi connectivity index (χ2v) is 5.54. The molecule has 0 aromatic rings. The molecule has 0 aliphatic heterocycles. The summed E-state index contributed by atoms with van der Waals surface area (Å²) in [7, 11) is 2.31. The summed E-state index contributed by atoms with van der Waals surface area (Å²) in [5, 5.41) is 3.58. The van der Waals surface area contributed by atoms with Crippen LogP contribution in [-0.2, 0) is 0 Å². The molecule has 2 unspecified atom stereocenters. The quantitative estimate of drug-likeness (QED) is 0.718. The van der Waals surface area contributed by atoms with Crippen LogP contribution in [0.25, 0.3) is 0 Å². The van der Waals surface area contributed by atoms with Crippen LogP contribution in [0, 0.1) is 0 Å². The maximum Gasteiger partial charge on any atom is 0.00950 e. The molecule has 0 aromatic heterocycles. The first-order valence-electron chi connectivity index (χ1n) is 7.10. The average Bonchev–Trinajstić information content (AvgIpc) is 2.78. The Morgan fingerprint density at radius 2 is 1.88 bits per heavy atom. The molecule has 1 fully saturated rings. The van der Waals surface area contributed by atoms with Crippen molar-refractivity contribution >= 4 is 0 Å². The predicted molar refractivity (Wildman–Crippen MR) is 71.9 cm³/mol. The molecule has 2 nitrogen and oxygen atoms in total. The summed E-state index contributed by atoms with van der Waals surface area (Å²) in [4.78, 5) is 2.61. The Labute approximate surface area is 102 Å². The lowest BCUT2D eigenvalue weighted by molar-refractivity contribution is 0.169. The highest BCUT2D eigenvalue weighted by atomic mass is 15.2. The third kappa shape index (κ3) is 4.42. The van der Waals surface area contributed by atoms with Gasteiger partial charge in [-0.25, -0.2) is 0 Å². The van der Waals surface area contributed by atoms with Gasteiger partial charge in [-0.2, -0.15) is 0 Å². The van der Waals surface area contributed by atoms with Crippen molar-refractivity contribution in [2.45, 2.75) is 77.4 Å². The fourth-order valence-electron chi connectivity index (χ4n) is 2.82. The SMILES string of the molecule is CCCNC(C)CC(C)N(C)C1CCCC1. The summed E-state index contributed by atoms with van der Waals surface area (Å²) < 4.78 is 0. The monoisotopic (exact) mass is 226 g/mol. The van der Waals surface area contributed by atoms with Crippen LogP contribution in [0.2, 0.25) is 0 Å². The van der Waals surface area contributed by atoms with Gasteiger partial charge >= 0.3 is 0 Å². The van der Waals surface area contributed by atoms with Crippen molar-refractivity contribution in [1.82, 2.24) is 10.2 Å². The summed E-state index contributed by atoms with van der Waals surface area (Å²) in [5.41, 5.74) is 0. The van der Waals surface area contributed by atoms with Crippen LogP contribution in [-0.4, -0.2) is 36.6 Å². The van der Waals surface area contributed by atoms with E-state index in [0.29, 0.717) is 12.1 Å². The van der Waals surface area contributed by atoms with E-state index in [2.05, 4.69) is 38.0 Å². The van der Waals surface area contributed by atoms with Crippen LogP contribution in [0.4, 0.5) is 0 Å². The lowest BCUT2D eigenvalue weighted by atomic mass is 10.1. The topological polar surface area (TPSA) is 15.3 Å². The first-order chi connectivity index (χ1) is 7.65. The molecule has 0 radical (unpaired) electrons. The minimum absolute atomic E-state index is 0.652. The highest BCUT2D eigenvalue weighted by molar-refractivity contribution is 4.80. The smallest absolute Gasteiger partial charge is 0.00950 e. The van der Waals surface area contributed by atoms with Gasteiger partial charge in [0.05, 0.1) is 0 Å². The second kappa shape index (κ2) is 7.29. The Morgan fingerprint density at radius 1 is 1.25 bits per heavy atom. The highest BCUT2D eigenvalue weighted by Gasteiger charge is 2.23. The summed E-state index contributed by atoms with van der Waals surface area (Å²) in [6, 6.07) is 2.22. The molecule has 1 N–H and O–H groups in total. The molecule has 0 aromatic carbocycles. The van der Waals surface area contributed by atoms with E-state index >= 15 is 0 Å². The molecule has 0 heterocycles.